The Morgan fingerprint density at radius 3 is 2.31 bits per heavy atom. The minimum atomic E-state index is -0.715. The normalized spacial score (nSPS) is 34.3. The summed E-state index contributed by atoms with van der Waals surface area (Å²) in [5.74, 6) is 0.422. The van der Waals surface area contributed by atoms with Crippen LogP contribution in [0.2, 0.25) is 0 Å². The predicted octanol–water partition coefficient (Wildman–Crippen LogP) is -0.0362. The number of carbonyl (C=O) groups is 2. The molecule has 2 atom stereocenters. The molecular weight excluding hydrogens is 334 g/mol. The van der Waals surface area contributed by atoms with E-state index in [1.54, 1.807) is 0 Å². The molecule has 0 spiro atoms. The van der Waals surface area contributed by atoms with Crippen LogP contribution in [0.4, 0.5) is 0 Å². The van der Waals surface area contributed by atoms with Gasteiger partial charge in [-0.3, -0.25) is 9.59 Å². The molecule has 0 bridgehead atoms. The minimum Gasteiger partial charge on any atom is -0.396 e. The van der Waals surface area contributed by atoms with Gasteiger partial charge in [0.2, 0.25) is 11.8 Å². The second-order valence-corrected chi connectivity index (χ2v) is 8.87. The highest BCUT2D eigenvalue weighted by molar-refractivity contribution is 5.87. The van der Waals surface area contributed by atoms with Gasteiger partial charge in [-0.1, -0.05) is 12.8 Å². The Hall–Kier alpha value is -1.18. The van der Waals surface area contributed by atoms with E-state index in [4.69, 9.17) is 10.5 Å². The number of amides is 2. The van der Waals surface area contributed by atoms with Gasteiger partial charge in [-0.05, 0) is 25.7 Å². The van der Waals surface area contributed by atoms with Gasteiger partial charge in [0.15, 0.2) is 0 Å². The third-order valence-corrected chi connectivity index (χ3v) is 7.17. The van der Waals surface area contributed by atoms with Crippen LogP contribution >= 0.6 is 0 Å². The Balaban J connectivity index is 1.43. The van der Waals surface area contributed by atoms with Crippen LogP contribution in [0, 0.1) is 17.3 Å². The number of fused-ring (bicyclic) bond motifs is 1. The predicted molar refractivity (Wildman–Crippen MR) is 95.1 cm³/mol. The first-order chi connectivity index (χ1) is 12.5. The molecule has 4 fully saturated rings. The van der Waals surface area contributed by atoms with Gasteiger partial charge in [0.25, 0.3) is 0 Å². The van der Waals surface area contributed by atoms with E-state index >= 15 is 0 Å². The maximum Gasteiger partial charge on any atom is 0.242 e. The van der Waals surface area contributed by atoms with Crippen LogP contribution in [0.1, 0.15) is 38.5 Å². The lowest BCUT2D eigenvalue weighted by atomic mass is 9.82. The summed E-state index contributed by atoms with van der Waals surface area (Å²) in [5.41, 5.74) is 5.26. The average Bonchev–Trinajstić information content (AvgIpc) is 3.34. The number of aliphatic hydroxyl groups is 1. The summed E-state index contributed by atoms with van der Waals surface area (Å²) >= 11 is 0. The first-order valence-corrected chi connectivity index (χ1v) is 10.0. The van der Waals surface area contributed by atoms with Crippen molar-refractivity contribution in [3.05, 3.63) is 0 Å². The SMILES string of the molecule is NC1(C(=O)N2CC3CN(C(=O)C4CCOCC4)CC3(CO)C2)CCCC1. The molecule has 2 unspecified atom stereocenters. The van der Waals surface area contributed by atoms with Gasteiger partial charge in [-0.15, -0.1) is 0 Å². The number of hydrogen-bond donors (Lipinski definition) is 2. The zero-order valence-electron chi connectivity index (χ0n) is 15.5. The molecule has 1 aliphatic carbocycles. The Bertz CT molecular complexity index is 571. The fourth-order valence-corrected chi connectivity index (χ4v) is 5.46. The standard InChI is InChI=1S/C19H31N3O4/c20-19(5-1-2-6-19)17(25)22-10-15-9-21(11-18(15,12-22)13-23)16(24)14-3-7-26-8-4-14/h14-15,23H,1-13,20H2. The zero-order chi connectivity index (χ0) is 18.4. The molecule has 1 saturated carbocycles. The average molecular weight is 365 g/mol. The van der Waals surface area contributed by atoms with Crippen molar-refractivity contribution >= 4 is 11.8 Å². The lowest BCUT2D eigenvalue weighted by Crippen LogP contribution is -2.54. The molecule has 0 aromatic rings. The number of nitrogens with zero attached hydrogens (tertiary/aromatic N) is 2. The van der Waals surface area contributed by atoms with E-state index in [9.17, 15) is 14.7 Å². The second-order valence-electron chi connectivity index (χ2n) is 8.87. The molecule has 3 heterocycles. The highest BCUT2D eigenvalue weighted by atomic mass is 16.5. The first-order valence-electron chi connectivity index (χ1n) is 10.0. The smallest absolute Gasteiger partial charge is 0.242 e. The number of aliphatic hydroxyl groups excluding tert-OH is 1. The van der Waals surface area contributed by atoms with E-state index in [2.05, 4.69) is 0 Å². The number of rotatable bonds is 3. The number of carbonyl (C=O) groups excluding carboxylic acids is 2. The number of nitrogens with two attached hydrogens (primary N) is 1. The topological polar surface area (TPSA) is 96.1 Å². The highest BCUT2D eigenvalue weighted by Gasteiger charge is 2.56. The largest absolute Gasteiger partial charge is 0.396 e. The maximum absolute atomic E-state index is 12.9. The van der Waals surface area contributed by atoms with E-state index in [0.29, 0.717) is 39.4 Å². The molecule has 4 aliphatic rings. The van der Waals surface area contributed by atoms with Crippen molar-refractivity contribution in [1.82, 2.24) is 9.80 Å². The third kappa shape index (κ3) is 2.94. The van der Waals surface area contributed by atoms with Gasteiger partial charge < -0.3 is 25.4 Å². The van der Waals surface area contributed by atoms with Crippen molar-refractivity contribution in [2.45, 2.75) is 44.1 Å². The summed E-state index contributed by atoms with van der Waals surface area (Å²) in [5, 5.41) is 10.1. The molecule has 0 aromatic heterocycles. The van der Waals surface area contributed by atoms with Crippen LogP contribution in [0.25, 0.3) is 0 Å². The molecule has 3 N–H and O–H groups in total. The molecule has 146 valence electrons. The van der Waals surface area contributed by atoms with Crippen molar-refractivity contribution in [3.8, 4) is 0 Å². The molecule has 2 amide bonds. The van der Waals surface area contributed by atoms with Crippen molar-refractivity contribution in [3.63, 3.8) is 0 Å². The van der Waals surface area contributed by atoms with E-state index in [1.165, 1.54) is 0 Å². The van der Waals surface area contributed by atoms with E-state index in [-0.39, 0.29) is 35.7 Å². The number of hydrogen-bond acceptors (Lipinski definition) is 5. The summed E-state index contributed by atoms with van der Waals surface area (Å²) in [6.45, 7) is 3.62. The van der Waals surface area contributed by atoms with Crippen LogP contribution in [-0.4, -0.2) is 78.3 Å². The summed E-state index contributed by atoms with van der Waals surface area (Å²) in [6.07, 6.45) is 5.11. The van der Waals surface area contributed by atoms with Crippen LogP contribution in [0.5, 0.6) is 0 Å². The third-order valence-electron chi connectivity index (χ3n) is 7.17. The zero-order valence-corrected chi connectivity index (χ0v) is 15.5. The van der Waals surface area contributed by atoms with E-state index in [1.807, 2.05) is 9.80 Å². The van der Waals surface area contributed by atoms with Gasteiger partial charge >= 0.3 is 0 Å². The van der Waals surface area contributed by atoms with Gasteiger partial charge in [0.05, 0.1) is 12.1 Å². The summed E-state index contributed by atoms with van der Waals surface area (Å²) in [6, 6.07) is 0. The molecular formula is C19H31N3O4. The fourth-order valence-electron chi connectivity index (χ4n) is 5.46. The Morgan fingerprint density at radius 1 is 1.08 bits per heavy atom. The van der Waals surface area contributed by atoms with Crippen LogP contribution in [0.3, 0.4) is 0 Å². The summed E-state index contributed by atoms with van der Waals surface area (Å²) in [4.78, 5) is 29.6. The molecule has 0 aromatic carbocycles. The van der Waals surface area contributed by atoms with E-state index in [0.717, 1.165) is 38.5 Å². The van der Waals surface area contributed by atoms with Gasteiger partial charge in [0, 0.05) is 56.6 Å². The van der Waals surface area contributed by atoms with E-state index < -0.39 is 5.54 Å². The second kappa shape index (κ2) is 6.77. The van der Waals surface area contributed by atoms with Crippen molar-refractivity contribution in [2.24, 2.45) is 23.0 Å². The molecule has 3 saturated heterocycles. The minimum absolute atomic E-state index is 0.0105. The number of ether oxygens (including phenoxy) is 1. The molecule has 26 heavy (non-hydrogen) atoms. The molecule has 0 radical (unpaired) electrons. The van der Waals surface area contributed by atoms with Gasteiger partial charge in [-0.25, -0.2) is 0 Å². The summed E-state index contributed by atoms with van der Waals surface area (Å²) < 4.78 is 5.36. The molecule has 7 heteroatoms. The molecule has 7 nitrogen and oxygen atoms in total. The monoisotopic (exact) mass is 365 g/mol. The Labute approximate surface area is 154 Å². The van der Waals surface area contributed by atoms with Gasteiger partial charge in [0.1, 0.15) is 0 Å². The van der Waals surface area contributed by atoms with Crippen LogP contribution in [-0.2, 0) is 14.3 Å². The molecule has 3 aliphatic heterocycles. The lowest BCUT2D eigenvalue weighted by Gasteiger charge is -2.33. The highest BCUT2D eigenvalue weighted by Crippen LogP contribution is 2.44. The maximum atomic E-state index is 12.9. The van der Waals surface area contributed by atoms with Crippen LogP contribution < -0.4 is 5.73 Å². The lowest BCUT2D eigenvalue weighted by molar-refractivity contribution is -0.139. The van der Waals surface area contributed by atoms with Crippen molar-refractivity contribution in [1.29, 1.82) is 0 Å². The quantitative estimate of drug-likeness (QED) is 0.732. The summed E-state index contributed by atoms with van der Waals surface area (Å²) in [7, 11) is 0. The first kappa shape index (κ1) is 18.2. The Morgan fingerprint density at radius 2 is 1.69 bits per heavy atom. The van der Waals surface area contributed by atoms with Crippen molar-refractivity contribution < 1.29 is 19.4 Å². The fraction of sp³-hybridized carbons (Fsp3) is 0.895. The molecule has 4 rings (SSSR count). The van der Waals surface area contributed by atoms with Crippen LogP contribution in [0.15, 0.2) is 0 Å². The Kier molecular flexibility index (Phi) is 4.73. The number of likely N-dealkylation sites (tertiary alicyclic amines) is 2. The van der Waals surface area contributed by atoms with Gasteiger partial charge in [-0.2, -0.15) is 0 Å². The van der Waals surface area contributed by atoms with Crippen molar-refractivity contribution in [2.75, 3.05) is 46.0 Å².